The largest absolute Gasteiger partial charge is 0.328 e. The lowest BCUT2D eigenvalue weighted by atomic mass is 9.91. The van der Waals surface area contributed by atoms with E-state index in [4.69, 9.17) is 0 Å². The van der Waals surface area contributed by atoms with Crippen molar-refractivity contribution in [3.63, 3.8) is 0 Å². The normalized spacial score (nSPS) is 18.6. The fraction of sp³-hybridized carbons (Fsp3) is 0.500. The van der Waals surface area contributed by atoms with Crippen molar-refractivity contribution < 1.29 is 4.55 Å². The molecule has 17 heavy (non-hydrogen) atoms. The molecule has 0 fully saturated rings. The van der Waals surface area contributed by atoms with Crippen molar-refractivity contribution in [2.75, 3.05) is 6.26 Å². The smallest absolute Gasteiger partial charge is 0.0323 e. The van der Waals surface area contributed by atoms with E-state index in [1.807, 2.05) is 44.4 Å². The molecule has 0 heterocycles. The fourth-order valence-corrected chi connectivity index (χ4v) is 2.82. The van der Waals surface area contributed by atoms with Crippen LogP contribution < -0.4 is 0 Å². The summed E-state index contributed by atoms with van der Waals surface area (Å²) in [6.07, 6.45) is 1.81. The number of hydrogen-bond donors (Lipinski definition) is 1. The summed E-state index contributed by atoms with van der Waals surface area (Å²) in [5, 5.41) is 0. The molecule has 1 rings (SSSR count). The Hall–Kier alpha value is -0.800. The lowest BCUT2D eigenvalue weighted by Crippen LogP contribution is -2.17. The minimum atomic E-state index is -2.07. The molecule has 0 aliphatic carbocycles. The van der Waals surface area contributed by atoms with E-state index in [9.17, 15) is 4.55 Å². The van der Waals surface area contributed by atoms with Crippen LogP contribution in [0.25, 0.3) is 0 Å². The van der Waals surface area contributed by atoms with E-state index < -0.39 is 10.5 Å². The topological polar surface area (TPSA) is 32.6 Å². The summed E-state index contributed by atoms with van der Waals surface area (Å²) in [6.45, 7) is 10.3. The Bertz CT molecular complexity index is 413. The van der Waals surface area contributed by atoms with Gasteiger partial charge in [0, 0.05) is 22.3 Å². The van der Waals surface area contributed by atoms with Gasteiger partial charge in [-0.05, 0) is 36.5 Å². The zero-order chi connectivity index (χ0) is 13.3. The number of aryl methyl sites for hydroxylation is 1. The zero-order valence-corrected chi connectivity index (χ0v) is 12.4. The Balaban J connectivity index is 3.07. The number of rotatable bonds is 2. The fourth-order valence-electron chi connectivity index (χ4n) is 1.25. The van der Waals surface area contributed by atoms with Crippen LogP contribution in [0.15, 0.2) is 33.6 Å². The minimum absolute atomic E-state index is 0.00167. The molecule has 0 radical (unpaired) electrons. The third-order valence-electron chi connectivity index (χ3n) is 2.87. The van der Waals surface area contributed by atoms with Gasteiger partial charge in [0.05, 0.1) is 0 Å². The summed E-state index contributed by atoms with van der Waals surface area (Å²) < 4.78 is 15.0. The van der Waals surface area contributed by atoms with Crippen molar-refractivity contribution in [1.82, 2.24) is 0 Å². The zero-order valence-electron chi connectivity index (χ0n) is 11.6. The van der Waals surface area contributed by atoms with E-state index >= 15 is 0 Å². The Morgan fingerprint density at radius 3 is 2.06 bits per heavy atom. The van der Waals surface area contributed by atoms with Crippen LogP contribution in [0, 0.1) is 12.3 Å². The van der Waals surface area contributed by atoms with Crippen molar-refractivity contribution in [2.45, 2.75) is 39.5 Å². The maximum absolute atomic E-state index is 10.5. The van der Waals surface area contributed by atoms with Gasteiger partial charge in [0.15, 0.2) is 0 Å². The van der Waals surface area contributed by atoms with Crippen molar-refractivity contribution >= 4 is 16.2 Å². The van der Waals surface area contributed by atoms with Gasteiger partial charge in [0.25, 0.3) is 0 Å². The average molecular weight is 253 g/mol. The van der Waals surface area contributed by atoms with Crippen LogP contribution >= 0.6 is 10.5 Å². The molecule has 0 aliphatic heterocycles. The average Bonchev–Trinajstić information content (AvgIpc) is 2.16. The van der Waals surface area contributed by atoms with Crippen LogP contribution in [0.4, 0.5) is 0 Å². The van der Waals surface area contributed by atoms with E-state index in [1.54, 1.807) is 0 Å². The molecule has 0 spiro atoms. The van der Waals surface area contributed by atoms with Crippen LogP contribution in [0.2, 0.25) is 0 Å². The molecule has 1 aromatic carbocycles. The molecule has 0 aromatic heterocycles. The summed E-state index contributed by atoms with van der Waals surface area (Å²) >= 11 is 0. The van der Waals surface area contributed by atoms with Gasteiger partial charge < -0.3 is 4.55 Å². The van der Waals surface area contributed by atoms with Crippen LogP contribution in [0.5, 0.6) is 0 Å². The van der Waals surface area contributed by atoms with Crippen molar-refractivity contribution in [1.29, 1.82) is 0 Å². The molecule has 0 saturated carbocycles. The highest BCUT2D eigenvalue weighted by molar-refractivity contribution is 8.27. The number of hydrogen-bond acceptors (Lipinski definition) is 2. The number of nitrogens with zero attached hydrogens (tertiary/aromatic N) is 1. The molecule has 0 bridgehead atoms. The third-order valence-corrected chi connectivity index (χ3v) is 4.66. The molecule has 0 saturated heterocycles. The van der Waals surface area contributed by atoms with Gasteiger partial charge in [0.1, 0.15) is 0 Å². The number of benzene rings is 1. The third kappa shape index (κ3) is 3.86. The van der Waals surface area contributed by atoms with Gasteiger partial charge in [-0.1, -0.05) is 38.5 Å². The first-order chi connectivity index (χ1) is 7.63. The maximum Gasteiger partial charge on any atom is 0.0323 e. The van der Waals surface area contributed by atoms with Crippen molar-refractivity contribution in [3.8, 4) is 0 Å². The van der Waals surface area contributed by atoms with Crippen LogP contribution in [-0.2, 0) is 0 Å². The predicted molar refractivity (Wildman–Crippen MR) is 78.2 cm³/mol. The highest BCUT2D eigenvalue weighted by Gasteiger charge is 2.21. The first-order valence-corrected chi connectivity index (χ1v) is 7.73. The van der Waals surface area contributed by atoms with E-state index in [0.717, 1.165) is 10.6 Å². The lowest BCUT2D eigenvalue weighted by Gasteiger charge is -2.29. The van der Waals surface area contributed by atoms with Gasteiger partial charge in [-0.25, -0.2) is 4.40 Å². The summed E-state index contributed by atoms with van der Waals surface area (Å²) in [4.78, 5) is 0.909. The van der Waals surface area contributed by atoms with E-state index in [-0.39, 0.29) is 5.41 Å². The summed E-state index contributed by atoms with van der Waals surface area (Å²) in [7, 11) is -2.07. The summed E-state index contributed by atoms with van der Waals surface area (Å²) in [5.74, 6) is 0. The van der Waals surface area contributed by atoms with Crippen molar-refractivity contribution in [3.05, 3.63) is 29.8 Å². The second-order valence-electron chi connectivity index (χ2n) is 5.57. The van der Waals surface area contributed by atoms with Gasteiger partial charge in [-0.15, -0.1) is 0 Å². The molecule has 3 heteroatoms. The van der Waals surface area contributed by atoms with Gasteiger partial charge in [-0.3, -0.25) is 0 Å². The monoisotopic (exact) mass is 253 g/mol. The molecular weight excluding hydrogens is 230 g/mol. The molecule has 0 amide bonds. The predicted octanol–water partition coefficient (Wildman–Crippen LogP) is 4.68. The Morgan fingerprint density at radius 1 is 1.18 bits per heavy atom. The van der Waals surface area contributed by atoms with Gasteiger partial charge in [0.2, 0.25) is 0 Å². The van der Waals surface area contributed by atoms with Crippen LogP contribution in [0.3, 0.4) is 0 Å². The first-order valence-electron chi connectivity index (χ1n) is 5.77. The molecule has 0 aliphatic rings. The lowest BCUT2D eigenvalue weighted by molar-refractivity contribution is 0.585. The van der Waals surface area contributed by atoms with Crippen LogP contribution in [0.1, 0.15) is 33.3 Å². The highest BCUT2D eigenvalue weighted by Crippen LogP contribution is 2.50. The molecule has 1 atom stereocenters. The Morgan fingerprint density at radius 2 is 1.65 bits per heavy atom. The molecule has 96 valence electrons. The highest BCUT2D eigenvalue weighted by atomic mass is 32.3. The van der Waals surface area contributed by atoms with Crippen LogP contribution in [-0.4, -0.2) is 16.5 Å². The summed E-state index contributed by atoms with van der Waals surface area (Å²) in [6, 6.07) is 7.95. The standard InChI is InChI=1S/C14H23NOS/c1-11-7-9-13(10-8-11)17(6,16)15-12(2)14(3,4)5/h7-10,16H,1-6H3/b15-12+. The van der Waals surface area contributed by atoms with Gasteiger partial charge in [-0.2, -0.15) is 0 Å². The molecular formula is C14H23NOS. The van der Waals surface area contributed by atoms with Crippen molar-refractivity contribution in [2.24, 2.45) is 9.81 Å². The Labute approximate surface area is 106 Å². The summed E-state index contributed by atoms with van der Waals surface area (Å²) in [5.41, 5.74) is 2.18. The SMILES string of the molecule is C/C(=N\S(C)(O)c1ccc(C)cc1)C(C)(C)C. The molecule has 2 nitrogen and oxygen atoms in total. The first kappa shape index (κ1) is 14.3. The molecule has 1 N–H and O–H groups in total. The quantitative estimate of drug-likeness (QED) is 0.762. The maximum atomic E-state index is 10.5. The Kier molecular flexibility index (Phi) is 4.05. The van der Waals surface area contributed by atoms with E-state index in [2.05, 4.69) is 25.2 Å². The molecule has 1 aromatic rings. The van der Waals surface area contributed by atoms with Gasteiger partial charge >= 0.3 is 0 Å². The second-order valence-corrected chi connectivity index (χ2v) is 7.89. The minimum Gasteiger partial charge on any atom is -0.328 e. The molecule has 1 unspecified atom stereocenters. The van der Waals surface area contributed by atoms with E-state index in [0.29, 0.717) is 0 Å². The van der Waals surface area contributed by atoms with E-state index in [1.165, 1.54) is 5.56 Å². The second kappa shape index (κ2) is 4.83.